The van der Waals surface area contributed by atoms with Gasteiger partial charge in [-0.2, -0.15) is 0 Å². The van der Waals surface area contributed by atoms with Gasteiger partial charge in [0.15, 0.2) is 0 Å². The molecular weight excluding hydrogens is 358 g/mol. The zero-order chi connectivity index (χ0) is 16.7. The lowest BCUT2D eigenvalue weighted by Crippen LogP contribution is -2.56. The van der Waals surface area contributed by atoms with Crippen LogP contribution in [-0.2, 0) is 0 Å². The molecule has 0 bridgehead atoms. The normalized spacial score (nSPS) is 22.5. The fourth-order valence-corrected chi connectivity index (χ4v) is 3.63. The molecule has 1 amide bonds. The van der Waals surface area contributed by atoms with Gasteiger partial charge in [-0.15, -0.1) is 0 Å². The number of likely N-dealkylation sites (N-methyl/N-ethyl adjacent to an activating group) is 1. The Morgan fingerprint density at radius 3 is 2.57 bits per heavy atom. The summed E-state index contributed by atoms with van der Waals surface area (Å²) in [6.45, 7) is 5.56. The van der Waals surface area contributed by atoms with Gasteiger partial charge in [0.1, 0.15) is 0 Å². The average molecular weight is 378 g/mol. The summed E-state index contributed by atoms with van der Waals surface area (Å²) in [5, 5.41) is 0.767. The summed E-state index contributed by atoms with van der Waals surface area (Å²) >= 11 is 3.44. The molecule has 1 fully saturated rings. The van der Waals surface area contributed by atoms with Crippen molar-refractivity contribution in [2.24, 2.45) is 0 Å². The number of carbonyl (C=O) groups excluding carboxylic acids is 1. The van der Waals surface area contributed by atoms with Crippen molar-refractivity contribution in [1.29, 1.82) is 0 Å². The molecule has 2 aromatic rings. The van der Waals surface area contributed by atoms with Gasteiger partial charge >= 0.3 is 0 Å². The fraction of sp³-hybridized carbons (Fsp3) is 0.412. The predicted octanol–water partition coefficient (Wildman–Crippen LogP) is 2.46. The Balaban J connectivity index is 2.05. The zero-order valence-electron chi connectivity index (χ0n) is 13.5. The second-order valence-corrected chi connectivity index (χ2v) is 7.14. The summed E-state index contributed by atoms with van der Waals surface area (Å²) < 4.78 is 0.780. The number of rotatable bonds is 1. The highest BCUT2D eigenvalue weighted by Gasteiger charge is 2.30. The van der Waals surface area contributed by atoms with Crippen molar-refractivity contribution in [3.63, 3.8) is 0 Å². The molecule has 1 aliphatic heterocycles. The van der Waals surface area contributed by atoms with Crippen LogP contribution < -0.4 is 5.56 Å². The molecule has 1 saturated heterocycles. The molecule has 0 saturated carbocycles. The number of hydrogen-bond acceptors (Lipinski definition) is 3. The number of H-pyrrole nitrogens is 1. The molecule has 5 nitrogen and oxygen atoms in total. The molecule has 23 heavy (non-hydrogen) atoms. The van der Waals surface area contributed by atoms with Crippen LogP contribution in [0.25, 0.3) is 10.9 Å². The van der Waals surface area contributed by atoms with E-state index in [1.807, 2.05) is 23.1 Å². The molecule has 0 radical (unpaired) electrons. The van der Waals surface area contributed by atoms with Crippen LogP contribution in [0.4, 0.5) is 0 Å². The lowest BCUT2D eigenvalue weighted by atomic mass is 10.0. The van der Waals surface area contributed by atoms with Crippen molar-refractivity contribution >= 4 is 32.7 Å². The van der Waals surface area contributed by atoms with Crippen LogP contribution in [0.2, 0.25) is 0 Å². The van der Waals surface area contributed by atoms with Crippen LogP contribution in [0, 0.1) is 0 Å². The molecule has 2 atom stereocenters. The van der Waals surface area contributed by atoms with E-state index in [2.05, 4.69) is 46.7 Å². The standard InChI is InChI=1S/C17H20BrN3O2/c1-10-8-21(9-11(2)20(10)3)17(23)13-7-15(22)19-16-12(13)5-4-6-14(16)18/h4-7,10-11H,8-9H2,1-3H3,(H,19,22)/t10-,11+. The number of carbonyl (C=O) groups is 1. The van der Waals surface area contributed by atoms with E-state index in [-0.39, 0.29) is 11.5 Å². The highest BCUT2D eigenvalue weighted by Crippen LogP contribution is 2.25. The second kappa shape index (κ2) is 6.09. The van der Waals surface area contributed by atoms with E-state index in [0.717, 1.165) is 9.86 Å². The van der Waals surface area contributed by atoms with Crippen molar-refractivity contribution in [3.8, 4) is 0 Å². The van der Waals surface area contributed by atoms with Crippen molar-refractivity contribution < 1.29 is 4.79 Å². The minimum atomic E-state index is -0.261. The van der Waals surface area contributed by atoms with Crippen LogP contribution in [0.15, 0.2) is 33.5 Å². The smallest absolute Gasteiger partial charge is 0.254 e. The number of benzene rings is 1. The summed E-state index contributed by atoms with van der Waals surface area (Å²) in [5.74, 6) is -0.0778. The van der Waals surface area contributed by atoms with Gasteiger partial charge in [-0.1, -0.05) is 12.1 Å². The summed E-state index contributed by atoms with van der Waals surface area (Å²) in [5.41, 5.74) is 0.871. The Morgan fingerprint density at radius 1 is 1.26 bits per heavy atom. The van der Waals surface area contributed by atoms with Gasteiger partial charge in [0.05, 0.1) is 11.1 Å². The van der Waals surface area contributed by atoms with Gasteiger partial charge in [-0.3, -0.25) is 14.5 Å². The van der Waals surface area contributed by atoms with E-state index in [4.69, 9.17) is 0 Å². The van der Waals surface area contributed by atoms with E-state index >= 15 is 0 Å². The van der Waals surface area contributed by atoms with Crippen molar-refractivity contribution in [2.45, 2.75) is 25.9 Å². The molecule has 6 heteroatoms. The van der Waals surface area contributed by atoms with E-state index in [1.54, 1.807) is 0 Å². The maximum absolute atomic E-state index is 13.0. The van der Waals surface area contributed by atoms with Gasteiger partial charge in [0.25, 0.3) is 5.91 Å². The molecule has 0 spiro atoms. The van der Waals surface area contributed by atoms with Gasteiger partial charge in [-0.05, 0) is 42.9 Å². The third kappa shape index (κ3) is 2.93. The van der Waals surface area contributed by atoms with Crippen molar-refractivity contribution in [3.05, 3.63) is 44.7 Å². The lowest BCUT2D eigenvalue weighted by molar-refractivity contribution is 0.0416. The molecule has 1 aromatic carbocycles. The van der Waals surface area contributed by atoms with E-state index < -0.39 is 0 Å². The summed E-state index contributed by atoms with van der Waals surface area (Å²) in [6, 6.07) is 7.59. The van der Waals surface area contributed by atoms with E-state index in [0.29, 0.717) is 36.3 Å². The number of fused-ring (bicyclic) bond motifs is 1. The molecule has 1 aromatic heterocycles. The minimum Gasteiger partial charge on any atom is -0.336 e. The van der Waals surface area contributed by atoms with Crippen LogP contribution >= 0.6 is 15.9 Å². The molecule has 0 aliphatic carbocycles. The SMILES string of the molecule is C[C@@H]1CN(C(=O)c2cc(=O)[nH]c3c(Br)cccc23)C[C@H](C)N1C. The topological polar surface area (TPSA) is 56.4 Å². The molecule has 2 heterocycles. The Bertz CT molecular complexity index is 805. The quantitative estimate of drug-likeness (QED) is 0.830. The van der Waals surface area contributed by atoms with E-state index in [9.17, 15) is 9.59 Å². The largest absolute Gasteiger partial charge is 0.336 e. The summed E-state index contributed by atoms with van der Waals surface area (Å²) in [7, 11) is 2.08. The number of aromatic nitrogens is 1. The minimum absolute atomic E-state index is 0.0778. The summed E-state index contributed by atoms with van der Waals surface area (Å²) in [4.78, 5) is 31.9. The number of nitrogens with zero attached hydrogens (tertiary/aromatic N) is 2. The second-order valence-electron chi connectivity index (χ2n) is 6.28. The molecule has 1 N–H and O–H groups in total. The first-order valence-electron chi connectivity index (χ1n) is 7.71. The number of amides is 1. The molecule has 3 rings (SSSR count). The van der Waals surface area contributed by atoms with Crippen LogP contribution in [0.5, 0.6) is 0 Å². The first kappa shape index (κ1) is 16.2. The monoisotopic (exact) mass is 377 g/mol. The van der Waals surface area contributed by atoms with Crippen LogP contribution in [0.1, 0.15) is 24.2 Å². The first-order chi connectivity index (χ1) is 10.9. The van der Waals surface area contributed by atoms with E-state index in [1.165, 1.54) is 6.07 Å². The fourth-order valence-electron chi connectivity index (χ4n) is 3.16. The third-order valence-corrected chi connectivity index (χ3v) is 5.37. The number of halogens is 1. The zero-order valence-corrected chi connectivity index (χ0v) is 15.1. The van der Waals surface area contributed by atoms with Gasteiger partial charge in [0.2, 0.25) is 5.56 Å². The highest BCUT2D eigenvalue weighted by molar-refractivity contribution is 9.10. The van der Waals surface area contributed by atoms with Gasteiger partial charge in [0, 0.05) is 41.1 Å². The number of hydrogen-bond donors (Lipinski definition) is 1. The lowest BCUT2D eigenvalue weighted by Gasteiger charge is -2.42. The Morgan fingerprint density at radius 2 is 1.91 bits per heavy atom. The maximum Gasteiger partial charge on any atom is 0.254 e. The van der Waals surface area contributed by atoms with Gasteiger partial charge in [-0.25, -0.2) is 0 Å². The molecule has 1 aliphatic rings. The molecule has 0 unspecified atom stereocenters. The summed E-state index contributed by atoms with van der Waals surface area (Å²) in [6.07, 6.45) is 0. The molecular formula is C17H20BrN3O2. The van der Waals surface area contributed by atoms with Crippen LogP contribution in [-0.4, -0.2) is 52.9 Å². The number of para-hydroxylation sites is 1. The Labute approximate surface area is 143 Å². The number of aromatic amines is 1. The van der Waals surface area contributed by atoms with Crippen molar-refractivity contribution in [2.75, 3.05) is 20.1 Å². The number of pyridine rings is 1. The Hall–Kier alpha value is -1.66. The molecule has 122 valence electrons. The van der Waals surface area contributed by atoms with Crippen LogP contribution in [0.3, 0.4) is 0 Å². The van der Waals surface area contributed by atoms with Gasteiger partial charge < -0.3 is 9.88 Å². The maximum atomic E-state index is 13.0. The highest BCUT2D eigenvalue weighted by atomic mass is 79.9. The first-order valence-corrected chi connectivity index (χ1v) is 8.50. The Kier molecular flexibility index (Phi) is 4.29. The predicted molar refractivity (Wildman–Crippen MR) is 94.9 cm³/mol. The average Bonchev–Trinajstić information content (AvgIpc) is 2.51. The van der Waals surface area contributed by atoms with Crippen molar-refractivity contribution in [1.82, 2.24) is 14.8 Å². The number of piperazine rings is 1. The third-order valence-electron chi connectivity index (χ3n) is 4.70. The number of nitrogens with one attached hydrogen (secondary N) is 1.